The predicted molar refractivity (Wildman–Crippen MR) is 85.9 cm³/mol. The van der Waals surface area contributed by atoms with Crippen molar-refractivity contribution in [1.82, 2.24) is 0 Å². The smallest absolute Gasteiger partial charge is 0.0641 e. The highest BCUT2D eigenvalue weighted by molar-refractivity contribution is 9.10. The van der Waals surface area contributed by atoms with E-state index in [-0.39, 0.29) is 6.04 Å². The van der Waals surface area contributed by atoms with Crippen molar-refractivity contribution in [2.24, 2.45) is 5.73 Å². The average Bonchev–Trinajstić information content (AvgIpc) is 2.40. The van der Waals surface area contributed by atoms with Crippen LogP contribution >= 0.6 is 15.9 Å². The topological polar surface area (TPSA) is 38.5 Å². The maximum Gasteiger partial charge on any atom is 0.0641 e. The van der Waals surface area contributed by atoms with Crippen molar-refractivity contribution in [3.05, 3.63) is 28.2 Å². The van der Waals surface area contributed by atoms with Gasteiger partial charge in [0.15, 0.2) is 0 Å². The fourth-order valence-electron chi connectivity index (χ4n) is 1.96. The third kappa shape index (κ3) is 5.51. The van der Waals surface area contributed by atoms with Gasteiger partial charge in [0, 0.05) is 36.4 Å². The normalized spacial score (nSPS) is 12.5. The highest BCUT2D eigenvalue weighted by Crippen LogP contribution is 2.25. The van der Waals surface area contributed by atoms with Crippen molar-refractivity contribution in [1.29, 1.82) is 0 Å². The number of halogens is 1. The molecule has 0 bridgehead atoms. The lowest BCUT2D eigenvalue weighted by molar-refractivity contribution is 0.154. The molecule has 0 saturated heterocycles. The number of hydrogen-bond acceptors (Lipinski definition) is 3. The second-order valence-corrected chi connectivity index (χ2v) is 5.68. The highest BCUT2D eigenvalue weighted by atomic mass is 79.9. The van der Waals surface area contributed by atoms with E-state index >= 15 is 0 Å². The van der Waals surface area contributed by atoms with E-state index in [1.165, 1.54) is 11.3 Å². The van der Waals surface area contributed by atoms with Crippen LogP contribution in [0.2, 0.25) is 0 Å². The summed E-state index contributed by atoms with van der Waals surface area (Å²) in [6.07, 6.45) is 1.91. The van der Waals surface area contributed by atoms with Gasteiger partial charge in [-0.2, -0.15) is 0 Å². The fourth-order valence-corrected chi connectivity index (χ4v) is 2.31. The molecule has 2 N–H and O–H groups in total. The van der Waals surface area contributed by atoms with Gasteiger partial charge in [-0.05, 0) is 37.5 Å². The second-order valence-electron chi connectivity index (χ2n) is 4.76. The molecule has 0 amide bonds. The van der Waals surface area contributed by atoms with Gasteiger partial charge < -0.3 is 15.4 Å². The van der Waals surface area contributed by atoms with Gasteiger partial charge in [-0.3, -0.25) is 0 Å². The lowest BCUT2D eigenvalue weighted by atomic mass is 10.0. The minimum Gasteiger partial charge on any atom is -0.380 e. The molecule has 0 aliphatic carbocycles. The Balaban J connectivity index is 2.80. The first-order valence-electron chi connectivity index (χ1n) is 6.91. The molecule has 4 heteroatoms. The summed E-state index contributed by atoms with van der Waals surface area (Å²) in [5.74, 6) is 0. The predicted octanol–water partition coefficient (Wildman–Crippen LogP) is 3.20. The van der Waals surface area contributed by atoms with E-state index in [1.807, 2.05) is 6.92 Å². The minimum absolute atomic E-state index is 0.222. The molecule has 0 aliphatic rings. The lowest BCUT2D eigenvalue weighted by Crippen LogP contribution is -2.26. The van der Waals surface area contributed by atoms with Crippen molar-refractivity contribution in [3.8, 4) is 0 Å². The summed E-state index contributed by atoms with van der Waals surface area (Å²) in [7, 11) is 2.10. The number of nitrogens with two attached hydrogens (primary N) is 1. The third-order valence-corrected chi connectivity index (χ3v) is 3.73. The van der Waals surface area contributed by atoms with Gasteiger partial charge in [0.2, 0.25) is 0 Å². The summed E-state index contributed by atoms with van der Waals surface area (Å²) in [5, 5.41) is 0. The Morgan fingerprint density at radius 2 is 2.11 bits per heavy atom. The molecule has 0 fully saturated rings. The van der Waals surface area contributed by atoms with Gasteiger partial charge in [-0.1, -0.05) is 28.9 Å². The standard InChI is InChI=1S/C15H25BrN2O/c1-4-14(17)10-12-6-7-13(16)11-15(12)18(3)8-9-19-5-2/h6-7,11,14H,4-5,8-10,17H2,1-3H3. The number of anilines is 1. The molecule has 0 aromatic heterocycles. The summed E-state index contributed by atoms with van der Waals surface area (Å²) in [4.78, 5) is 2.23. The van der Waals surface area contributed by atoms with Crippen molar-refractivity contribution < 1.29 is 4.74 Å². The molecule has 1 rings (SSSR count). The maximum absolute atomic E-state index is 6.08. The molecule has 0 heterocycles. The van der Waals surface area contributed by atoms with Crippen LogP contribution in [0.3, 0.4) is 0 Å². The summed E-state index contributed by atoms with van der Waals surface area (Å²) < 4.78 is 6.52. The zero-order valence-corrected chi connectivity index (χ0v) is 13.7. The number of likely N-dealkylation sites (N-methyl/N-ethyl adjacent to an activating group) is 1. The van der Waals surface area contributed by atoms with Crippen LogP contribution in [-0.2, 0) is 11.2 Å². The highest BCUT2D eigenvalue weighted by Gasteiger charge is 2.11. The van der Waals surface area contributed by atoms with E-state index in [0.29, 0.717) is 0 Å². The Morgan fingerprint density at radius 1 is 1.37 bits per heavy atom. The first-order chi connectivity index (χ1) is 9.08. The summed E-state index contributed by atoms with van der Waals surface area (Å²) in [6.45, 7) is 6.55. The fraction of sp³-hybridized carbons (Fsp3) is 0.600. The van der Waals surface area contributed by atoms with Crippen LogP contribution in [0.15, 0.2) is 22.7 Å². The van der Waals surface area contributed by atoms with Crippen molar-refractivity contribution in [2.75, 3.05) is 31.7 Å². The van der Waals surface area contributed by atoms with Crippen LogP contribution in [0.1, 0.15) is 25.8 Å². The van der Waals surface area contributed by atoms with Gasteiger partial charge in [0.05, 0.1) is 6.61 Å². The molecule has 1 unspecified atom stereocenters. The van der Waals surface area contributed by atoms with E-state index in [1.54, 1.807) is 0 Å². The average molecular weight is 329 g/mol. The lowest BCUT2D eigenvalue weighted by Gasteiger charge is -2.24. The molecule has 1 atom stereocenters. The molecule has 1 aromatic carbocycles. The quantitative estimate of drug-likeness (QED) is 0.745. The first kappa shape index (κ1) is 16.5. The number of rotatable bonds is 8. The Bertz CT molecular complexity index is 384. The molecular formula is C15H25BrN2O. The van der Waals surface area contributed by atoms with Gasteiger partial charge in [-0.25, -0.2) is 0 Å². The molecule has 19 heavy (non-hydrogen) atoms. The van der Waals surface area contributed by atoms with Gasteiger partial charge in [-0.15, -0.1) is 0 Å². The van der Waals surface area contributed by atoms with Crippen molar-refractivity contribution >= 4 is 21.6 Å². The Labute approximate surface area is 125 Å². The SMILES string of the molecule is CCOCCN(C)c1cc(Br)ccc1CC(N)CC. The molecular weight excluding hydrogens is 304 g/mol. The maximum atomic E-state index is 6.08. The van der Waals surface area contributed by atoms with Crippen molar-refractivity contribution in [3.63, 3.8) is 0 Å². The van der Waals surface area contributed by atoms with E-state index in [2.05, 4.69) is 53.0 Å². The minimum atomic E-state index is 0.222. The molecule has 3 nitrogen and oxygen atoms in total. The molecule has 0 aliphatic heterocycles. The zero-order valence-electron chi connectivity index (χ0n) is 12.2. The number of hydrogen-bond donors (Lipinski definition) is 1. The van der Waals surface area contributed by atoms with Gasteiger partial charge in [0.25, 0.3) is 0 Å². The Hall–Kier alpha value is -0.580. The Morgan fingerprint density at radius 3 is 2.74 bits per heavy atom. The van der Waals surface area contributed by atoms with E-state index in [9.17, 15) is 0 Å². The van der Waals surface area contributed by atoms with Gasteiger partial charge in [0.1, 0.15) is 0 Å². The molecule has 0 saturated carbocycles. The third-order valence-electron chi connectivity index (χ3n) is 3.24. The van der Waals surface area contributed by atoms with Crippen molar-refractivity contribution in [2.45, 2.75) is 32.7 Å². The van der Waals surface area contributed by atoms with E-state index in [0.717, 1.165) is 37.1 Å². The summed E-state index contributed by atoms with van der Waals surface area (Å²) in [5.41, 5.74) is 8.62. The van der Waals surface area contributed by atoms with Crippen LogP contribution in [0, 0.1) is 0 Å². The largest absolute Gasteiger partial charge is 0.380 e. The van der Waals surface area contributed by atoms with Crippen LogP contribution < -0.4 is 10.6 Å². The second kappa shape index (κ2) is 8.56. The summed E-state index contributed by atoms with van der Waals surface area (Å²) in [6, 6.07) is 6.62. The van der Waals surface area contributed by atoms with Crippen LogP contribution in [-0.4, -0.2) is 32.8 Å². The monoisotopic (exact) mass is 328 g/mol. The molecule has 1 aromatic rings. The van der Waals surface area contributed by atoms with Crippen LogP contribution in [0.5, 0.6) is 0 Å². The first-order valence-corrected chi connectivity index (χ1v) is 7.70. The van der Waals surface area contributed by atoms with Gasteiger partial charge >= 0.3 is 0 Å². The number of benzene rings is 1. The molecule has 108 valence electrons. The van der Waals surface area contributed by atoms with Crippen LogP contribution in [0.25, 0.3) is 0 Å². The zero-order chi connectivity index (χ0) is 14.3. The number of ether oxygens (including phenoxy) is 1. The van der Waals surface area contributed by atoms with Crippen LogP contribution in [0.4, 0.5) is 5.69 Å². The molecule has 0 radical (unpaired) electrons. The number of nitrogens with zero attached hydrogens (tertiary/aromatic N) is 1. The van der Waals surface area contributed by atoms with E-state index < -0.39 is 0 Å². The summed E-state index contributed by atoms with van der Waals surface area (Å²) >= 11 is 3.54. The van der Waals surface area contributed by atoms with E-state index in [4.69, 9.17) is 10.5 Å². The molecule has 0 spiro atoms. The Kier molecular flexibility index (Phi) is 7.42.